The summed E-state index contributed by atoms with van der Waals surface area (Å²) in [6.45, 7) is 4.92. The zero-order valence-electron chi connectivity index (χ0n) is 18.9. The smallest absolute Gasteiger partial charge is 0.192 e. The predicted molar refractivity (Wildman–Crippen MR) is 136 cm³/mol. The van der Waals surface area contributed by atoms with Crippen molar-refractivity contribution >= 4 is 29.9 Å². The number of methoxy groups -OCH3 is 1. The van der Waals surface area contributed by atoms with E-state index in [1.807, 2.05) is 73.1 Å². The molecule has 3 rings (SSSR count). The fraction of sp³-hybridized carbons (Fsp3) is 0.348. The number of aliphatic hydroxyl groups is 1. The Kier molecular flexibility index (Phi) is 9.45. The van der Waals surface area contributed by atoms with Gasteiger partial charge < -0.3 is 25.0 Å². The lowest BCUT2D eigenvalue weighted by atomic mass is 9.96. The van der Waals surface area contributed by atoms with Gasteiger partial charge >= 0.3 is 0 Å². The molecule has 1 unspecified atom stereocenters. The number of halogens is 1. The van der Waals surface area contributed by atoms with Gasteiger partial charge in [0, 0.05) is 7.05 Å². The van der Waals surface area contributed by atoms with Crippen LogP contribution in [0, 0.1) is 6.92 Å². The number of benzene rings is 2. The molecular weight excluding hydrogens is 519 g/mol. The normalized spacial score (nSPS) is 13.1. The van der Waals surface area contributed by atoms with Crippen LogP contribution >= 0.6 is 24.0 Å². The number of nitrogens with one attached hydrogen (secondary N) is 2. The average Bonchev–Trinajstić information content (AvgIpc) is 3.11. The first-order valence-corrected chi connectivity index (χ1v) is 10.2. The maximum atomic E-state index is 10.9. The topological polar surface area (TPSA) is 96.6 Å². The third kappa shape index (κ3) is 6.92. The minimum atomic E-state index is -1.05. The van der Waals surface area contributed by atoms with E-state index >= 15 is 0 Å². The molecule has 2 aromatic carbocycles. The number of nitrogens with zero attached hydrogens (tertiary/aromatic N) is 4. The van der Waals surface area contributed by atoms with Crippen LogP contribution in [-0.4, -0.2) is 39.5 Å². The molecule has 0 amide bonds. The lowest BCUT2D eigenvalue weighted by Crippen LogP contribution is -2.44. The first-order valence-electron chi connectivity index (χ1n) is 10.2. The molecule has 0 bridgehead atoms. The number of aryl methyl sites for hydroxylation is 1. The molecule has 0 saturated heterocycles. The molecule has 0 aliphatic heterocycles. The number of hydrogen-bond acceptors (Lipinski definition) is 5. The molecule has 1 heterocycles. The Bertz CT molecular complexity index is 1000. The molecule has 9 heteroatoms. The Balaban J connectivity index is 0.00000363. The minimum absolute atomic E-state index is 0. The molecule has 0 saturated carbocycles. The molecule has 0 aliphatic carbocycles. The molecule has 0 spiro atoms. The number of rotatable bonds is 8. The van der Waals surface area contributed by atoms with Crippen molar-refractivity contribution in [1.29, 1.82) is 0 Å². The number of aromatic nitrogens is 3. The summed E-state index contributed by atoms with van der Waals surface area (Å²) in [5, 5.41) is 25.7. The van der Waals surface area contributed by atoms with Crippen molar-refractivity contribution in [1.82, 2.24) is 25.4 Å². The summed E-state index contributed by atoms with van der Waals surface area (Å²) >= 11 is 0. The Hall–Kier alpha value is -2.66. The second-order valence-corrected chi connectivity index (χ2v) is 7.58. The van der Waals surface area contributed by atoms with E-state index < -0.39 is 5.60 Å². The summed E-state index contributed by atoms with van der Waals surface area (Å²) in [5.74, 6) is 3.02. The van der Waals surface area contributed by atoms with Gasteiger partial charge in [-0.25, -0.2) is 4.99 Å². The molecule has 1 aromatic heterocycles. The zero-order chi connectivity index (χ0) is 22.3. The van der Waals surface area contributed by atoms with Crippen molar-refractivity contribution in [2.75, 3.05) is 13.7 Å². The summed E-state index contributed by atoms with van der Waals surface area (Å²) < 4.78 is 7.13. The van der Waals surface area contributed by atoms with E-state index in [1.165, 1.54) is 0 Å². The van der Waals surface area contributed by atoms with Crippen molar-refractivity contribution in [3.05, 3.63) is 77.4 Å². The SMILES string of the molecule is COc1ccc(CN=C(NCc2nnc(C)n2C)NCC(C)(O)c2ccccc2)cc1.I. The highest BCUT2D eigenvalue weighted by Gasteiger charge is 2.23. The van der Waals surface area contributed by atoms with E-state index in [0.29, 0.717) is 25.6 Å². The molecular formula is C23H31IN6O2. The van der Waals surface area contributed by atoms with Gasteiger partial charge in [0.15, 0.2) is 11.8 Å². The van der Waals surface area contributed by atoms with Crippen molar-refractivity contribution in [3.63, 3.8) is 0 Å². The number of guanidine groups is 1. The number of ether oxygens (including phenoxy) is 1. The van der Waals surface area contributed by atoms with E-state index in [-0.39, 0.29) is 24.0 Å². The third-order valence-electron chi connectivity index (χ3n) is 5.17. The van der Waals surface area contributed by atoms with Crippen molar-refractivity contribution < 1.29 is 9.84 Å². The van der Waals surface area contributed by atoms with Crippen molar-refractivity contribution in [3.8, 4) is 5.75 Å². The van der Waals surface area contributed by atoms with E-state index in [4.69, 9.17) is 4.74 Å². The number of hydrogen-bond donors (Lipinski definition) is 3. The molecule has 0 fully saturated rings. The monoisotopic (exact) mass is 550 g/mol. The maximum Gasteiger partial charge on any atom is 0.192 e. The van der Waals surface area contributed by atoms with Gasteiger partial charge in [0.05, 0.1) is 26.7 Å². The van der Waals surface area contributed by atoms with Crippen LogP contribution in [0.5, 0.6) is 5.75 Å². The van der Waals surface area contributed by atoms with Crippen LogP contribution in [0.1, 0.15) is 29.7 Å². The Morgan fingerprint density at radius 2 is 1.78 bits per heavy atom. The average molecular weight is 550 g/mol. The minimum Gasteiger partial charge on any atom is -0.497 e. The van der Waals surface area contributed by atoms with Crippen LogP contribution in [0.4, 0.5) is 0 Å². The van der Waals surface area contributed by atoms with Gasteiger partial charge in [-0.05, 0) is 37.1 Å². The van der Waals surface area contributed by atoms with Crippen LogP contribution < -0.4 is 15.4 Å². The zero-order valence-corrected chi connectivity index (χ0v) is 21.2. The summed E-state index contributed by atoms with van der Waals surface area (Å²) in [6.07, 6.45) is 0. The number of aliphatic imine (C=N–C) groups is 1. The molecule has 1 atom stereocenters. The highest BCUT2D eigenvalue weighted by Crippen LogP contribution is 2.19. The van der Waals surface area contributed by atoms with Crippen LogP contribution in [0.3, 0.4) is 0 Å². The molecule has 0 radical (unpaired) electrons. The quantitative estimate of drug-likeness (QED) is 0.227. The van der Waals surface area contributed by atoms with Gasteiger partial charge in [0.2, 0.25) is 0 Å². The van der Waals surface area contributed by atoms with Gasteiger partial charge in [-0.2, -0.15) is 0 Å². The van der Waals surface area contributed by atoms with Crippen LogP contribution in [-0.2, 0) is 25.7 Å². The maximum absolute atomic E-state index is 10.9. The Morgan fingerprint density at radius 3 is 2.38 bits per heavy atom. The van der Waals surface area contributed by atoms with E-state index in [0.717, 1.165) is 28.5 Å². The highest BCUT2D eigenvalue weighted by atomic mass is 127. The highest BCUT2D eigenvalue weighted by molar-refractivity contribution is 14.0. The van der Waals surface area contributed by atoms with Crippen molar-refractivity contribution in [2.24, 2.45) is 12.0 Å². The Labute approximate surface area is 206 Å². The summed E-state index contributed by atoms with van der Waals surface area (Å²) in [5.41, 5.74) is 0.831. The van der Waals surface area contributed by atoms with Gasteiger partial charge in [-0.15, -0.1) is 34.2 Å². The lowest BCUT2D eigenvalue weighted by Gasteiger charge is -2.25. The molecule has 32 heavy (non-hydrogen) atoms. The largest absolute Gasteiger partial charge is 0.497 e. The first kappa shape index (κ1) is 25.6. The van der Waals surface area contributed by atoms with Gasteiger partial charge in [-0.1, -0.05) is 42.5 Å². The van der Waals surface area contributed by atoms with Crippen LogP contribution in [0.25, 0.3) is 0 Å². The first-order chi connectivity index (χ1) is 14.9. The standard InChI is InChI=1S/C23H30N6O2.HI/c1-17-27-28-21(29(17)3)15-25-22(24-14-18-10-12-20(31-4)13-11-18)26-16-23(2,30)19-8-6-5-7-9-19;/h5-13,30H,14-16H2,1-4H3,(H2,24,25,26);1H. The van der Waals surface area contributed by atoms with Crippen LogP contribution in [0.15, 0.2) is 59.6 Å². The fourth-order valence-corrected chi connectivity index (χ4v) is 3.00. The predicted octanol–water partition coefficient (Wildman–Crippen LogP) is 2.89. The Morgan fingerprint density at radius 1 is 1.09 bits per heavy atom. The van der Waals surface area contributed by atoms with E-state index in [9.17, 15) is 5.11 Å². The second-order valence-electron chi connectivity index (χ2n) is 7.58. The molecule has 3 aromatic rings. The molecule has 172 valence electrons. The van der Waals surface area contributed by atoms with Gasteiger partial charge in [-0.3, -0.25) is 0 Å². The second kappa shape index (κ2) is 11.8. The summed E-state index contributed by atoms with van der Waals surface area (Å²) in [4.78, 5) is 4.68. The van der Waals surface area contributed by atoms with Gasteiger partial charge in [0.25, 0.3) is 0 Å². The summed E-state index contributed by atoms with van der Waals surface area (Å²) in [6, 6.07) is 17.4. The fourth-order valence-electron chi connectivity index (χ4n) is 3.00. The summed E-state index contributed by atoms with van der Waals surface area (Å²) in [7, 11) is 3.57. The molecule has 0 aliphatic rings. The van der Waals surface area contributed by atoms with Gasteiger partial charge in [0.1, 0.15) is 17.2 Å². The van der Waals surface area contributed by atoms with Crippen LogP contribution in [0.2, 0.25) is 0 Å². The van der Waals surface area contributed by atoms with Crippen molar-refractivity contribution in [2.45, 2.75) is 32.5 Å². The lowest BCUT2D eigenvalue weighted by molar-refractivity contribution is 0.0617. The molecule has 3 N–H and O–H groups in total. The van der Waals surface area contributed by atoms with E-state index in [1.54, 1.807) is 14.0 Å². The van der Waals surface area contributed by atoms with E-state index in [2.05, 4.69) is 25.8 Å². The third-order valence-corrected chi connectivity index (χ3v) is 5.17. The molecule has 8 nitrogen and oxygen atoms in total.